The number of hydrogen-bond acceptors (Lipinski definition) is 2. The van der Waals surface area contributed by atoms with Crippen LogP contribution >= 0.6 is 23.2 Å². The molecule has 0 aromatic heterocycles. The van der Waals surface area contributed by atoms with Crippen LogP contribution in [0.2, 0.25) is 0 Å². The van der Waals surface area contributed by atoms with E-state index in [0.29, 0.717) is 0 Å². The summed E-state index contributed by atoms with van der Waals surface area (Å²) in [5.41, 5.74) is 4.64. The molecule has 0 aliphatic rings. The second-order valence-corrected chi connectivity index (χ2v) is 1.93. The highest BCUT2D eigenvalue weighted by molar-refractivity contribution is 6.52. The average molecular weight is 168 g/mol. The van der Waals surface area contributed by atoms with Gasteiger partial charge in [-0.2, -0.15) is 0 Å². The zero-order chi connectivity index (χ0) is 7.44. The van der Waals surface area contributed by atoms with Gasteiger partial charge >= 0.3 is 0 Å². The fraction of sp³-hybridized carbons (Fsp3) is 0. The smallest absolute Gasteiger partial charge is 0.261 e. The van der Waals surface area contributed by atoms with E-state index < -0.39 is 10.9 Å². The summed E-state index contributed by atoms with van der Waals surface area (Å²) in [7, 11) is 0. The Labute approximate surface area is 61.4 Å². The number of halogens is 2. The van der Waals surface area contributed by atoms with Crippen molar-refractivity contribution in [1.82, 2.24) is 0 Å². The molecule has 0 spiro atoms. The zero-order valence-corrected chi connectivity index (χ0v) is 5.74. The first-order chi connectivity index (χ1) is 4.09. The van der Waals surface area contributed by atoms with Crippen LogP contribution in [0.4, 0.5) is 0 Å². The van der Waals surface area contributed by atoms with Crippen LogP contribution in [-0.2, 0) is 9.59 Å². The van der Waals surface area contributed by atoms with Gasteiger partial charge in [-0.15, -0.1) is 0 Å². The van der Waals surface area contributed by atoms with Gasteiger partial charge in [0.05, 0.1) is 0 Å². The van der Waals surface area contributed by atoms with Crippen molar-refractivity contribution in [2.24, 2.45) is 5.73 Å². The summed E-state index contributed by atoms with van der Waals surface area (Å²) in [5, 5.41) is -0.809. The molecule has 50 valence electrons. The van der Waals surface area contributed by atoms with Crippen molar-refractivity contribution < 1.29 is 9.59 Å². The van der Waals surface area contributed by atoms with Crippen molar-refractivity contribution in [2.75, 3.05) is 0 Å². The molecule has 5 heteroatoms. The Morgan fingerprint density at radius 1 is 1.44 bits per heavy atom. The largest absolute Gasteiger partial charge is 0.365 e. The minimum absolute atomic E-state index is 0.245. The van der Waals surface area contributed by atoms with Gasteiger partial charge < -0.3 is 5.73 Å². The van der Waals surface area contributed by atoms with Gasteiger partial charge in [0, 0.05) is 0 Å². The molecule has 0 saturated heterocycles. The maximum absolute atomic E-state index is 10.1. The van der Waals surface area contributed by atoms with Crippen molar-refractivity contribution in [2.45, 2.75) is 0 Å². The molecule has 0 aromatic rings. The highest BCUT2D eigenvalue weighted by Gasteiger charge is 2.05. The molecule has 0 radical (unpaired) electrons. The number of primary amides is 1. The predicted molar refractivity (Wildman–Crippen MR) is 34.0 cm³/mol. The van der Waals surface area contributed by atoms with Gasteiger partial charge in [0.1, 0.15) is 10.1 Å². The van der Waals surface area contributed by atoms with E-state index in [4.69, 9.17) is 23.2 Å². The van der Waals surface area contributed by atoms with E-state index in [9.17, 15) is 9.59 Å². The Balaban J connectivity index is 4.47. The molecule has 0 aliphatic carbocycles. The van der Waals surface area contributed by atoms with Crippen LogP contribution in [0.3, 0.4) is 0 Å². The Bertz CT molecular complexity index is 175. The Hall–Kier alpha value is -0.540. The SMILES string of the molecule is NC(=O)/C(Cl)=C(\Cl)C=O. The fourth-order valence-corrected chi connectivity index (χ4v) is 0.307. The van der Waals surface area contributed by atoms with E-state index in [1.807, 2.05) is 0 Å². The monoisotopic (exact) mass is 167 g/mol. The van der Waals surface area contributed by atoms with Crippen LogP contribution in [0.1, 0.15) is 0 Å². The summed E-state index contributed by atoms with van der Waals surface area (Å²) in [6, 6.07) is 0. The number of amides is 1. The number of carbonyl (C=O) groups is 2. The standard InChI is InChI=1S/C4H3Cl2NO2/c5-2(1-8)3(6)4(7)9/h1H,(H2,7,9)/b3-2+. The molecule has 0 aromatic carbocycles. The van der Waals surface area contributed by atoms with Crippen LogP contribution in [0.15, 0.2) is 10.1 Å². The van der Waals surface area contributed by atoms with Crippen LogP contribution in [0.25, 0.3) is 0 Å². The third-order valence-electron chi connectivity index (χ3n) is 0.529. The van der Waals surface area contributed by atoms with Gasteiger partial charge in [0.15, 0.2) is 6.29 Å². The Morgan fingerprint density at radius 2 is 1.89 bits per heavy atom. The third-order valence-corrected chi connectivity index (χ3v) is 1.29. The fourth-order valence-electron chi connectivity index (χ4n) is 0.169. The summed E-state index contributed by atoms with van der Waals surface area (Å²) >= 11 is 10.2. The van der Waals surface area contributed by atoms with E-state index in [0.717, 1.165) is 0 Å². The van der Waals surface area contributed by atoms with E-state index >= 15 is 0 Å². The lowest BCUT2D eigenvalue weighted by Gasteiger charge is -1.88. The maximum atomic E-state index is 10.1. The molecule has 9 heavy (non-hydrogen) atoms. The maximum Gasteiger partial charge on any atom is 0.261 e. The van der Waals surface area contributed by atoms with Crippen molar-refractivity contribution in [1.29, 1.82) is 0 Å². The van der Waals surface area contributed by atoms with Gasteiger partial charge in [-0.3, -0.25) is 9.59 Å². The second-order valence-electron chi connectivity index (χ2n) is 1.14. The predicted octanol–water partition coefficient (Wildman–Crippen LogP) is 0.360. The lowest BCUT2D eigenvalue weighted by molar-refractivity contribution is -0.114. The summed E-state index contributed by atoms with van der Waals surface area (Å²) in [5.74, 6) is -0.909. The Morgan fingerprint density at radius 3 is 2.00 bits per heavy atom. The molecule has 2 N–H and O–H groups in total. The van der Waals surface area contributed by atoms with Crippen molar-refractivity contribution in [3.05, 3.63) is 10.1 Å². The van der Waals surface area contributed by atoms with E-state index in [1.165, 1.54) is 0 Å². The topological polar surface area (TPSA) is 60.2 Å². The molecule has 0 fully saturated rings. The zero-order valence-electron chi connectivity index (χ0n) is 4.23. The number of aldehydes is 1. The van der Waals surface area contributed by atoms with Crippen LogP contribution in [-0.4, -0.2) is 12.2 Å². The molecule has 0 unspecified atom stereocenters. The Kier molecular flexibility index (Phi) is 3.27. The van der Waals surface area contributed by atoms with E-state index in [-0.39, 0.29) is 11.3 Å². The minimum atomic E-state index is -0.909. The lowest BCUT2D eigenvalue weighted by Crippen LogP contribution is -2.11. The molecule has 0 atom stereocenters. The average Bonchev–Trinajstić information content (AvgIpc) is 1.84. The van der Waals surface area contributed by atoms with Gasteiger partial charge in [-0.1, -0.05) is 23.2 Å². The number of hydrogen-bond donors (Lipinski definition) is 1. The molecule has 3 nitrogen and oxygen atoms in total. The molecule has 0 bridgehead atoms. The molecule has 0 rings (SSSR count). The number of allylic oxidation sites excluding steroid dienone is 1. The normalized spacial score (nSPS) is 12.2. The van der Waals surface area contributed by atoms with E-state index in [1.54, 1.807) is 0 Å². The molecular formula is C4H3Cl2NO2. The third kappa shape index (κ3) is 2.49. The highest BCUT2D eigenvalue weighted by Crippen LogP contribution is 2.09. The van der Waals surface area contributed by atoms with Crippen LogP contribution in [0.5, 0.6) is 0 Å². The number of rotatable bonds is 2. The van der Waals surface area contributed by atoms with Gasteiger partial charge in [0.2, 0.25) is 0 Å². The van der Waals surface area contributed by atoms with Crippen molar-refractivity contribution in [3.8, 4) is 0 Å². The highest BCUT2D eigenvalue weighted by atomic mass is 35.5. The molecule has 1 amide bonds. The molecule has 0 saturated carbocycles. The van der Waals surface area contributed by atoms with Gasteiger partial charge in [0.25, 0.3) is 5.91 Å². The van der Waals surface area contributed by atoms with Crippen LogP contribution < -0.4 is 5.73 Å². The van der Waals surface area contributed by atoms with Crippen molar-refractivity contribution >= 4 is 35.4 Å². The number of nitrogens with two attached hydrogens (primary N) is 1. The summed E-state index contributed by atoms with van der Waals surface area (Å²) in [4.78, 5) is 19.9. The first kappa shape index (κ1) is 8.46. The summed E-state index contributed by atoms with van der Waals surface area (Å²) < 4.78 is 0. The van der Waals surface area contributed by atoms with Crippen molar-refractivity contribution in [3.63, 3.8) is 0 Å². The lowest BCUT2D eigenvalue weighted by atomic mass is 10.5. The van der Waals surface area contributed by atoms with Crippen LogP contribution in [0, 0.1) is 0 Å². The quantitative estimate of drug-likeness (QED) is 0.477. The summed E-state index contributed by atoms with van der Waals surface area (Å²) in [6.45, 7) is 0. The van der Waals surface area contributed by atoms with Gasteiger partial charge in [-0.25, -0.2) is 0 Å². The summed E-state index contributed by atoms with van der Waals surface area (Å²) in [6.07, 6.45) is 0.245. The minimum Gasteiger partial charge on any atom is -0.365 e. The second kappa shape index (κ2) is 3.48. The molecule has 0 heterocycles. The molecule has 0 aliphatic heterocycles. The molecular weight excluding hydrogens is 165 g/mol. The first-order valence-electron chi connectivity index (χ1n) is 1.90. The first-order valence-corrected chi connectivity index (χ1v) is 2.65. The van der Waals surface area contributed by atoms with Gasteiger partial charge in [-0.05, 0) is 0 Å². The van der Waals surface area contributed by atoms with E-state index in [2.05, 4.69) is 5.73 Å². The number of carbonyl (C=O) groups excluding carboxylic acids is 2.